The van der Waals surface area contributed by atoms with Gasteiger partial charge in [0, 0.05) is 17.5 Å². The molecule has 0 spiro atoms. The predicted molar refractivity (Wildman–Crippen MR) is 130 cm³/mol. The summed E-state index contributed by atoms with van der Waals surface area (Å²) >= 11 is 12.9. The first-order valence-electron chi connectivity index (χ1n) is 10.5. The molecule has 0 amide bonds. The van der Waals surface area contributed by atoms with E-state index >= 15 is 0 Å². The van der Waals surface area contributed by atoms with Gasteiger partial charge >= 0.3 is 0 Å². The highest BCUT2D eigenvalue weighted by molar-refractivity contribution is 6.33. The second-order valence-electron chi connectivity index (χ2n) is 8.22. The standard InChI is InChI=1S/C25H19Cl2N5/c1-31(24-20-10-9-19(26)13-22(20)32-14-28-30-25(32)29-24)23-12-18(8-11-21(23)27)17-6-4-16(5-7-17)15-2-3-15/h4-15H,2-3H2,1H3. The van der Waals surface area contributed by atoms with Gasteiger partial charge in [0.2, 0.25) is 0 Å². The minimum atomic E-state index is 0.504. The Bertz CT molecular complexity index is 1470. The van der Waals surface area contributed by atoms with E-state index < -0.39 is 0 Å². The molecule has 0 N–H and O–H groups in total. The Labute approximate surface area is 195 Å². The molecule has 6 rings (SSSR count). The molecule has 3 aromatic carbocycles. The summed E-state index contributed by atoms with van der Waals surface area (Å²) in [7, 11) is 1.96. The number of hydrogen-bond acceptors (Lipinski definition) is 4. The molecule has 1 saturated carbocycles. The maximum atomic E-state index is 6.65. The first kappa shape index (κ1) is 19.5. The van der Waals surface area contributed by atoms with Crippen LogP contribution in [0.3, 0.4) is 0 Å². The van der Waals surface area contributed by atoms with E-state index in [4.69, 9.17) is 28.2 Å². The molecule has 1 fully saturated rings. The van der Waals surface area contributed by atoms with Crippen LogP contribution in [-0.4, -0.2) is 26.6 Å². The van der Waals surface area contributed by atoms with Gasteiger partial charge in [0.05, 0.1) is 16.2 Å². The summed E-state index contributed by atoms with van der Waals surface area (Å²) in [6.45, 7) is 0. The van der Waals surface area contributed by atoms with Crippen LogP contribution in [0.2, 0.25) is 10.0 Å². The Morgan fingerprint density at radius 3 is 2.50 bits per heavy atom. The van der Waals surface area contributed by atoms with Crippen LogP contribution >= 0.6 is 23.2 Å². The molecule has 5 nitrogen and oxygen atoms in total. The van der Waals surface area contributed by atoms with E-state index in [9.17, 15) is 0 Å². The average Bonchev–Trinajstić information content (AvgIpc) is 3.55. The Morgan fingerprint density at radius 2 is 1.72 bits per heavy atom. The highest BCUT2D eigenvalue weighted by Gasteiger charge is 2.23. The van der Waals surface area contributed by atoms with Gasteiger partial charge in [0.25, 0.3) is 5.78 Å². The molecular formula is C25H19Cl2N5. The molecule has 0 bridgehead atoms. The maximum Gasteiger partial charge on any atom is 0.257 e. The molecule has 1 aliphatic rings. The summed E-state index contributed by atoms with van der Waals surface area (Å²) in [4.78, 5) is 6.76. The van der Waals surface area contributed by atoms with E-state index in [0.29, 0.717) is 15.8 Å². The lowest BCUT2D eigenvalue weighted by Gasteiger charge is -2.22. The molecule has 2 aromatic heterocycles. The third-order valence-corrected chi connectivity index (χ3v) is 6.67. The van der Waals surface area contributed by atoms with Crippen molar-refractivity contribution >= 4 is 51.4 Å². The van der Waals surface area contributed by atoms with Crippen LogP contribution in [0.4, 0.5) is 11.5 Å². The molecule has 1 aliphatic carbocycles. The molecule has 0 unspecified atom stereocenters. The van der Waals surface area contributed by atoms with E-state index in [2.05, 4.69) is 46.6 Å². The van der Waals surface area contributed by atoms with Gasteiger partial charge in [0.1, 0.15) is 12.1 Å². The highest BCUT2D eigenvalue weighted by Crippen LogP contribution is 2.41. The summed E-state index contributed by atoms with van der Waals surface area (Å²) in [6, 6.07) is 20.7. The fourth-order valence-corrected chi connectivity index (χ4v) is 4.62. The van der Waals surface area contributed by atoms with Gasteiger partial charge in [-0.25, -0.2) is 0 Å². The average molecular weight is 460 g/mol. The number of aromatic nitrogens is 4. The molecule has 0 radical (unpaired) electrons. The quantitative estimate of drug-likeness (QED) is 0.293. The summed E-state index contributed by atoms with van der Waals surface area (Å²) in [6.07, 6.45) is 4.25. The molecule has 7 heteroatoms. The summed E-state index contributed by atoms with van der Waals surface area (Å²) in [5, 5.41) is 10.4. The first-order valence-corrected chi connectivity index (χ1v) is 11.3. The molecule has 2 heterocycles. The van der Waals surface area contributed by atoms with Crippen LogP contribution in [0.1, 0.15) is 24.3 Å². The second-order valence-corrected chi connectivity index (χ2v) is 9.06. The van der Waals surface area contributed by atoms with Crippen molar-refractivity contribution < 1.29 is 0 Å². The SMILES string of the molecule is CN(c1cc(-c2ccc(C3CC3)cc2)ccc1Cl)c1nc2nncn2c2cc(Cl)ccc12. The monoisotopic (exact) mass is 459 g/mol. The van der Waals surface area contributed by atoms with Gasteiger partial charge < -0.3 is 4.90 Å². The van der Waals surface area contributed by atoms with E-state index in [1.807, 2.05) is 40.6 Å². The normalized spacial score (nSPS) is 13.7. The van der Waals surface area contributed by atoms with E-state index in [-0.39, 0.29) is 0 Å². The second kappa shape index (κ2) is 7.47. The van der Waals surface area contributed by atoms with Crippen LogP contribution in [0, 0.1) is 0 Å². The molecule has 32 heavy (non-hydrogen) atoms. The Kier molecular flexibility index (Phi) is 4.56. The molecule has 0 saturated heterocycles. The van der Waals surface area contributed by atoms with Crippen molar-refractivity contribution in [1.82, 2.24) is 19.6 Å². The molecule has 158 valence electrons. The highest BCUT2D eigenvalue weighted by atomic mass is 35.5. The number of halogens is 2. The number of benzene rings is 3. The zero-order valence-electron chi connectivity index (χ0n) is 17.3. The number of anilines is 2. The molecular weight excluding hydrogens is 441 g/mol. The number of fused-ring (bicyclic) bond motifs is 3. The minimum absolute atomic E-state index is 0.504. The number of rotatable bonds is 4. The molecule has 0 atom stereocenters. The van der Waals surface area contributed by atoms with Crippen LogP contribution < -0.4 is 4.90 Å². The van der Waals surface area contributed by atoms with Crippen LogP contribution in [0.5, 0.6) is 0 Å². The Hall–Kier alpha value is -3.15. The van der Waals surface area contributed by atoms with Crippen molar-refractivity contribution in [1.29, 1.82) is 0 Å². The van der Waals surface area contributed by atoms with Gasteiger partial charge in [-0.1, -0.05) is 53.5 Å². The minimum Gasteiger partial charge on any atom is -0.327 e. The summed E-state index contributed by atoms with van der Waals surface area (Å²) in [5.74, 6) is 1.99. The fourth-order valence-electron chi connectivity index (χ4n) is 4.21. The van der Waals surface area contributed by atoms with Gasteiger partial charge in [-0.15, -0.1) is 10.2 Å². The topological polar surface area (TPSA) is 46.3 Å². The summed E-state index contributed by atoms with van der Waals surface area (Å²) in [5.41, 5.74) is 5.45. The number of nitrogens with zero attached hydrogens (tertiary/aromatic N) is 5. The van der Waals surface area contributed by atoms with Crippen LogP contribution in [0.15, 0.2) is 67.0 Å². The van der Waals surface area contributed by atoms with E-state index in [0.717, 1.165) is 33.9 Å². The smallest absolute Gasteiger partial charge is 0.257 e. The maximum absolute atomic E-state index is 6.65. The Balaban J connectivity index is 1.46. The van der Waals surface area contributed by atoms with Crippen molar-refractivity contribution in [3.63, 3.8) is 0 Å². The van der Waals surface area contributed by atoms with Crippen molar-refractivity contribution in [2.24, 2.45) is 0 Å². The van der Waals surface area contributed by atoms with Gasteiger partial charge in [0.15, 0.2) is 0 Å². The molecule has 5 aromatic rings. The first-order chi connectivity index (χ1) is 15.6. The van der Waals surface area contributed by atoms with Gasteiger partial charge in [-0.2, -0.15) is 4.98 Å². The Morgan fingerprint density at radius 1 is 0.938 bits per heavy atom. The van der Waals surface area contributed by atoms with Crippen molar-refractivity contribution in [2.45, 2.75) is 18.8 Å². The van der Waals surface area contributed by atoms with Crippen LogP contribution in [-0.2, 0) is 0 Å². The van der Waals surface area contributed by atoms with Gasteiger partial charge in [-0.3, -0.25) is 4.40 Å². The van der Waals surface area contributed by atoms with Crippen LogP contribution in [0.25, 0.3) is 27.8 Å². The van der Waals surface area contributed by atoms with Crippen molar-refractivity contribution in [2.75, 3.05) is 11.9 Å². The van der Waals surface area contributed by atoms with E-state index in [1.165, 1.54) is 24.0 Å². The lowest BCUT2D eigenvalue weighted by molar-refractivity contribution is 1.08. The van der Waals surface area contributed by atoms with Crippen molar-refractivity contribution in [3.8, 4) is 11.1 Å². The fraction of sp³-hybridized carbons (Fsp3) is 0.160. The third kappa shape index (κ3) is 3.29. The lowest BCUT2D eigenvalue weighted by atomic mass is 10.0. The zero-order chi connectivity index (χ0) is 21.8. The third-order valence-electron chi connectivity index (χ3n) is 6.11. The largest absolute Gasteiger partial charge is 0.327 e. The number of hydrogen-bond donors (Lipinski definition) is 0. The lowest BCUT2D eigenvalue weighted by Crippen LogP contribution is -2.13. The predicted octanol–water partition coefficient (Wildman–Crippen LogP) is 6.90. The summed E-state index contributed by atoms with van der Waals surface area (Å²) < 4.78 is 1.83. The van der Waals surface area contributed by atoms with Gasteiger partial charge in [-0.05, 0) is 65.8 Å². The van der Waals surface area contributed by atoms with Crippen molar-refractivity contribution in [3.05, 3.63) is 82.6 Å². The van der Waals surface area contributed by atoms with E-state index in [1.54, 1.807) is 6.33 Å². The molecule has 0 aliphatic heterocycles. The zero-order valence-corrected chi connectivity index (χ0v) is 18.8.